The quantitative estimate of drug-likeness (QED) is 0.652. The molecule has 4 heteroatoms. The van der Waals surface area contributed by atoms with E-state index in [2.05, 4.69) is 4.98 Å². The van der Waals surface area contributed by atoms with E-state index in [-0.39, 0.29) is 5.91 Å². The SMILES string of the molecule is Cc1ncoc1C(=O)N1CCCC1. The molecular formula is C9H12N2O2. The van der Waals surface area contributed by atoms with E-state index < -0.39 is 0 Å². The summed E-state index contributed by atoms with van der Waals surface area (Å²) >= 11 is 0. The Balaban J connectivity index is 2.17. The molecule has 1 saturated heterocycles. The summed E-state index contributed by atoms with van der Waals surface area (Å²) in [5, 5.41) is 0. The third-order valence-electron chi connectivity index (χ3n) is 2.33. The highest BCUT2D eigenvalue weighted by atomic mass is 16.3. The molecule has 0 spiro atoms. The molecule has 4 nitrogen and oxygen atoms in total. The zero-order valence-corrected chi connectivity index (χ0v) is 7.62. The average Bonchev–Trinajstić information content (AvgIpc) is 2.72. The van der Waals surface area contributed by atoms with E-state index in [1.54, 1.807) is 6.92 Å². The largest absolute Gasteiger partial charge is 0.438 e. The van der Waals surface area contributed by atoms with E-state index in [0.717, 1.165) is 25.9 Å². The van der Waals surface area contributed by atoms with Crippen LogP contribution in [0.3, 0.4) is 0 Å². The molecule has 1 fully saturated rings. The lowest BCUT2D eigenvalue weighted by molar-refractivity contribution is 0.0760. The number of hydrogen-bond donors (Lipinski definition) is 0. The standard InChI is InChI=1S/C9H12N2O2/c1-7-8(13-6-10-7)9(12)11-4-2-3-5-11/h6H,2-5H2,1H3. The Morgan fingerprint density at radius 3 is 2.77 bits per heavy atom. The van der Waals surface area contributed by atoms with Gasteiger partial charge in [-0.05, 0) is 19.8 Å². The van der Waals surface area contributed by atoms with Gasteiger partial charge in [0.2, 0.25) is 5.76 Å². The lowest BCUT2D eigenvalue weighted by Crippen LogP contribution is -2.27. The summed E-state index contributed by atoms with van der Waals surface area (Å²) < 4.78 is 5.04. The molecule has 0 radical (unpaired) electrons. The fraction of sp³-hybridized carbons (Fsp3) is 0.556. The van der Waals surface area contributed by atoms with Gasteiger partial charge in [0.05, 0.1) is 5.69 Å². The van der Waals surface area contributed by atoms with Gasteiger partial charge in [-0.2, -0.15) is 0 Å². The monoisotopic (exact) mass is 180 g/mol. The second-order valence-corrected chi connectivity index (χ2v) is 3.27. The van der Waals surface area contributed by atoms with Crippen molar-refractivity contribution in [3.63, 3.8) is 0 Å². The van der Waals surface area contributed by atoms with Crippen LogP contribution in [0.25, 0.3) is 0 Å². The highest BCUT2D eigenvalue weighted by Gasteiger charge is 2.23. The highest BCUT2D eigenvalue weighted by Crippen LogP contribution is 2.14. The molecule has 1 aromatic rings. The smallest absolute Gasteiger partial charge is 0.291 e. The number of aryl methyl sites for hydroxylation is 1. The van der Waals surface area contributed by atoms with Crippen molar-refractivity contribution in [1.29, 1.82) is 0 Å². The van der Waals surface area contributed by atoms with Gasteiger partial charge in [-0.25, -0.2) is 4.98 Å². The summed E-state index contributed by atoms with van der Waals surface area (Å²) in [6.45, 7) is 3.48. The van der Waals surface area contributed by atoms with Gasteiger partial charge in [-0.3, -0.25) is 4.79 Å². The van der Waals surface area contributed by atoms with Crippen LogP contribution in [0.2, 0.25) is 0 Å². The molecule has 1 aliphatic rings. The number of rotatable bonds is 1. The number of carbonyl (C=O) groups excluding carboxylic acids is 1. The molecule has 0 aliphatic carbocycles. The molecule has 0 saturated carbocycles. The fourth-order valence-corrected chi connectivity index (χ4v) is 1.57. The molecule has 13 heavy (non-hydrogen) atoms. The number of amides is 1. The van der Waals surface area contributed by atoms with Crippen molar-refractivity contribution in [3.05, 3.63) is 17.8 Å². The molecule has 1 amide bonds. The zero-order chi connectivity index (χ0) is 9.26. The van der Waals surface area contributed by atoms with Crippen LogP contribution in [0, 0.1) is 6.92 Å². The van der Waals surface area contributed by atoms with Gasteiger partial charge in [0.15, 0.2) is 6.39 Å². The van der Waals surface area contributed by atoms with Crippen LogP contribution in [0.15, 0.2) is 10.8 Å². The van der Waals surface area contributed by atoms with Crippen molar-refractivity contribution in [2.24, 2.45) is 0 Å². The Kier molecular flexibility index (Phi) is 2.04. The maximum Gasteiger partial charge on any atom is 0.291 e. The number of nitrogens with zero attached hydrogens (tertiary/aromatic N) is 2. The summed E-state index contributed by atoms with van der Waals surface area (Å²) in [6, 6.07) is 0. The van der Waals surface area contributed by atoms with Crippen LogP contribution in [0.4, 0.5) is 0 Å². The van der Waals surface area contributed by atoms with E-state index in [1.807, 2.05) is 4.90 Å². The van der Waals surface area contributed by atoms with E-state index in [9.17, 15) is 4.79 Å². The highest BCUT2D eigenvalue weighted by molar-refractivity contribution is 5.92. The minimum atomic E-state index is -0.0208. The predicted molar refractivity (Wildman–Crippen MR) is 46.4 cm³/mol. The molecule has 1 aromatic heterocycles. The van der Waals surface area contributed by atoms with Crippen molar-refractivity contribution in [2.45, 2.75) is 19.8 Å². The predicted octanol–water partition coefficient (Wildman–Crippen LogP) is 1.22. The van der Waals surface area contributed by atoms with Crippen molar-refractivity contribution in [2.75, 3.05) is 13.1 Å². The van der Waals surface area contributed by atoms with Gasteiger partial charge in [-0.1, -0.05) is 0 Å². The maximum absolute atomic E-state index is 11.7. The zero-order valence-electron chi connectivity index (χ0n) is 7.62. The van der Waals surface area contributed by atoms with Gasteiger partial charge >= 0.3 is 0 Å². The van der Waals surface area contributed by atoms with Crippen molar-refractivity contribution in [1.82, 2.24) is 9.88 Å². The molecule has 0 N–H and O–H groups in total. The number of likely N-dealkylation sites (tertiary alicyclic amines) is 1. The van der Waals surface area contributed by atoms with E-state index >= 15 is 0 Å². The van der Waals surface area contributed by atoms with Crippen LogP contribution in [-0.4, -0.2) is 28.9 Å². The van der Waals surface area contributed by atoms with Crippen molar-refractivity contribution < 1.29 is 9.21 Å². The second-order valence-electron chi connectivity index (χ2n) is 3.27. The first-order valence-corrected chi connectivity index (χ1v) is 4.48. The van der Waals surface area contributed by atoms with Gasteiger partial charge in [-0.15, -0.1) is 0 Å². The first-order chi connectivity index (χ1) is 6.29. The van der Waals surface area contributed by atoms with E-state index in [0.29, 0.717) is 11.5 Å². The van der Waals surface area contributed by atoms with Crippen molar-refractivity contribution in [3.8, 4) is 0 Å². The van der Waals surface area contributed by atoms with Crippen LogP contribution >= 0.6 is 0 Å². The number of carbonyl (C=O) groups is 1. The normalized spacial score (nSPS) is 16.5. The second kappa shape index (κ2) is 3.20. The van der Waals surface area contributed by atoms with E-state index in [1.165, 1.54) is 6.39 Å². The van der Waals surface area contributed by atoms with E-state index in [4.69, 9.17) is 4.42 Å². The van der Waals surface area contributed by atoms with Gasteiger partial charge in [0.1, 0.15) is 0 Å². The molecular weight excluding hydrogens is 168 g/mol. The molecule has 1 aliphatic heterocycles. The average molecular weight is 180 g/mol. The summed E-state index contributed by atoms with van der Waals surface area (Å²) in [4.78, 5) is 17.4. The third kappa shape index (κ3) is 1.43. The lowest BCUT2D eigenvalue weighted by atomic mass is 10.3. The number of aromatic nitrogens is 1. The molecule has 0 aromatic carbocycles. The summed E-state index contributed by atoms with van der Waals surface area (Å²) in [5.74, 6) is 0.370. The molecule has 2 rings (SSSR count). The minimum Gasteiger partial charge on any atom is -0.438 e. The molecule has 0 bridgehead atoms. The first-order valence-electron chi connectivity index (χ1n) is 4.48. The summed E-state index contributed by atoms with van der Waals surface area (Å²) in [6.07, 6.45) is 3.51. The van der Waals surface area contributed by atoms with Crippen LogP contribution in [0.5, 0.6) is 0 Å². The van der Waals surface area contributed by atoms with Crippen molar-refractivity contribution >= 4 is 5.91 Å². The fourth-order valence-electron chi connectivity index (χ4n) is 1.57. The Morgan fingerprint density at radius 2 is 2.23 bits per heavy atom. The van der Waals surface area contributed by atoms with Crippen LogP contribution in [-0.2, 0) is 0 Å². The minimum absolute atomic E-state index is 0.0208. The van der Waals surface area contributed by atoms with Gasteiger partial charge in [0.25, 0.3) is 5.91 Å². The van der Waals surface area contributed by atoms with Crippen LogP contribution in [0.1, 0.15) is 29.1 Å². The maximum atomic E-state index is 11.7. The number of oxazole rings is 1. The molecule has 0 unspecified atom stereocenters. The lowest BCUT2D eigenvalue weighted by Gasteiger charge is -2.12. The Bertz CT molecular complexity index is 313. The van der Waals surface area contributed by atoms with Gasteiger partial charge in [0, 0.05) is 13.1 Å². The third-order valence-corrected chi connectivity index (χ3v) is 2.33. The number of hydrogen-bond acceptors (Lipinski definition) is 3. The Hall–Kier alpha value is -1.32. The summed E-state index contributed by atoms with van der Waals surface area (Å²) in [7, 11) is 0. The topological polar surface area (TPSA) is 46.3 Å². The Morgan fingerprint density at radius 1 is 1.54 bits per heavy atom. The molecule has 0 atom stereocenters. The molecule has 70 valence electrons. The molecule has 2 heterocycles. The summed E-state index contributed by atoms with van der Waals surface area (Å²) in [5.41, 5.74) is 0.678. The van der Waals surface area contributed by atoms with Gasteiger partial charge < -0.3 is 9.32 Å². The van der Waals surface area contributed by atoms with Crippen LogP contribution < -0.4 is 0 Å². The Labute approximate surface area is 76.6 Å². The first kappa shape index (κ1) is 8.29.